The fourth-order valence-corrected chi connectivity index (χ4v) is 2.42. The van der Waals surface area contributed by atoms with Crippen LogP contribution >= 0.6 is 0 Å². The molecule has 0 radical (unpaired) electrons. The van der Waals surface area contributed by atoms with Crippen molar-refractivity contribution in [3.8, 4) is 0 Å². The van der Waals surface area contributed by atoms with Gasteiger partial charge in [-0.15, -0.1) is 4.40 Å². The molecule has 0 bridgehead atoms. The van der Waals surface area contributed by atoms with Crippen LogP contribution in [0.5, 0.6) is 0 Å². The summed E-state index contributed by atoms with van der Waals surface area (Å²) in [6.45, 7) is 1.82. The van der Waals surface area contributed by atoms with Crippen molar-refractivity contribution in [2.45, 2.75) is 11.8 Å². The molecule has 0 aliphatic carbocycles. The van der Waals surface area contributed by atoms with Gasteiger partial charge in [-0.3, -0.25) is 5.43 Å². The largest absolute Gasteiger partial charge is 0.283 e. The Morgan fingerprint density at radius 1 is 1.00 bits per heavy atom. The van der Waals surface area contributed by atoms with Crippen LogP contribution in [-0.4, -0.2) is 20.5 Å². The van der Waals surface area contributed by atoms with E-state index < -0.39 is 10.0 Å². The van der Waals surface area contributed by atoms with E-state index in [4.69, 9.17) is 0 Å². The number of hydrazone groups is 1. The standard InChI is InChI=1S/C15H15N3O2S/c1-13(14-8-4-2-5-9-14)18-16-12-17-21(19,20)15-10-6-3-7-11-15/h2-12H,1H3,(H,16,17)/b18-13-. The molecule has 0 atom stereocenters. The second kappa shape index (κ2) is 6.81. The molecule has 0 aliphatic heterocycles. The van der Waals surface area contributed by atoms with E-state index in [9.17, 15) is 8.42 Å². The first-order chi connectivity index (χ1) is 10.1. The highest BCUT2D eigenvalue weighted by Gasteiger charge is 2.09. The maximum absolute atomic E-state index is 11.9. The van der Waals surface area contributed by atoms with Gasteiger partial charge in [0.15, 0.2) is 0 Å². The Hall–Kier alpha value is -2.47. The SMILES string of the molecule is C/C(=N/NC=NS(=O)(=O)c1ccccc1)c1ccccc1. The second-order valence-electron chi connectivity index (χ2n) is 4.21. The summed E-state index contributed by atoms with van der Waals surface area (Å²) in [5.41, 5.74) is 4.21. The lowest BCUT2D eigenvalue weighted by molar-refractivity contribution is 0.598. The van der Waals surface area contributed by atoms with E-state index in [1.165, 1.54) is 12.1 Å². The highest BCUT2D eigenvalue weighted by Crippen LogP contribution is 2.09. The van der Waals surface area contributed by atoms with Crippen LogP contribution in [0.1, 0.15) is 12.5 Å². The molecule has 0 amide bonds. The van der Waals surface area contributed by atoms with Crippen molar-refractivity contribution in [2.24, 2.45) is 9.50 Å². The van der Waals surface area contributed by atoms with Gasteiger partial charge in [-0.05, 0) is 24.6 Å². The molecule has 0 fully saturated rings. The fourth-order valence-electron chi connectivity index (χ4n) is 1.62. The number of benzene rings is 2. The molecule has 21 heavy (non-hydrogen) atoms. The van der Waals surface area contributed by atoms with Gasteiger partial charge < -0.3 is 0 Å². The molecule has 2 rings (SSSR count). The second-order valence-corrected chi connectivity index (χ2v) is 5.85. The van der Waals surface area contributed by atoms with Gasteiger partial charge in [-0.2, -0.15) is 13.5 Å². The van der Waals surface area contributed by atoms with Crippen LogP contribution in [0, 0.1) is 0 Å². The van der Waals surface area contributed by atoms with Crippen molar-refractivity contribution in [3.63, 3.8) is 0 Å². The first-order valence-corrected chi connectivity index (χ1v) is 7.73. The van der Waals surface area contributed by atoms with E-state index in [0.29, 0.717) is 0 Å². The Balaban J connectivity index is 2.03. The van der Waals surface area contributed by atoms with Gasteiger partial charge in [0, 0.05) is 0 Å². The third kappa shape index (κ3) is 4.25. The normalized spacial score (nSPS) is 12.5. The van der Waals surface area contributed by atoms with E-state index in [2.05, 4.69) is 14.9 Å². The van der Waals surface area contributed by atoms with Gasteiger partial charge >= 0.3 is 0 Å². The summed E-state index contributed by atoms with van der Waals surface area (Å²) in [7, 11) is -3.69. The number of rotatable bonds is 5. The Bertz CT molecular complexity index is 739. The van der Waals surface area contributed by atoms with Crippen LogP contribution in [0.4, 0.5) is 0 Å². The average Bonchev–Trinajstić information content (AvgIpc) is 2.53. The van der Waals surface area contributed by atoms with Crippen LogP contribution in [0.15, 0.2) is 75.1 Å². The van der Waals surface area contributed by atoms with Crippen LogP contribution in [0.3, 0.4) is 0 Å². The van der Waals surface area contributed by atoms with Gasteiger partial charge in [0.1, 0.15) is 6.34 Å². The van der Waals surface area contributed by atoms with Gasteiger partial charge in [0.2, 0.25) is 0 Å². The summed E-state index contributed by atoms with van der Waals surface area (Å²) in [5, 5.41) is 4.04. The van der Waals surface area contributed by atoms with Crippen LogP contribution in [0.25, 0.3) is 0 Å². The number of hydrogen-bond acceptors (Lipinski definition) is 3. The third-order valence-corrected chi connectivity index (χ3v) is 3.96. The molecule has 5 nitrogen and oxygen atoms in total. The van der Waals surface area contributed by atoms with Crippen LogP contribution < -0.4 is 5.43 Å². The van der Waals surface area contributed by atoms with Crippen molar-refractivity contribution in [1.82, 2.24) is 5.43 Å². The first-order valence-electron chi connectivity index (χ1n) is 6.29. The van der Waals surface area contributed by atoms with E-state index in [0.717, 1.165) is 17.6 Å². The van der Waals surface area contributed by atoms with E-state index >= 15 is 0 Å². The molecule has 6 heteroatoms. The van der Waals surface area contributed by atoms with Crippen molar-refractivity contribution in [1.29, 1.82) is 0 Å². The summed E-state index contributed by atoms with van der Waals surface area (Å²) < 4.78 is 27.2. The van der Waals surface area contributed by atoms with Crippen molar-refractivity contribution in [2.75, 3.05) is 0 Å². The van der Waals surface area contributed by atoms with Crippen molar-refractivity contribution in [3.05, 3.63) is 66.2 Å². The maximum Gasteiger partial charge on any atom is 0.283 e. The number of nitrogens with one attached hydrogen (secondary N) is 1. The van der Waals surface area contributed by atoms with Crippen molar-refractivity contribution < 1.29 is 8.42 Å². The molecule has 108 valence electrons. The summed E-state index contributed by atoms with van der Waals surface area (Å²) >= 11 is 0. The zero-order valence-corrected chi connectivity index (χ0v) is 12.3. The van der Waals surface area contributed by atoms with Gasteiger partial charge in [0.05, 0.1) is 10.6 Å². The summed E-state index contributed by atoms with van der Waals surface area (Å²) in [5.74, 6) is 0. The quantitative estimate of drug-likeness (QED) is 0.524. The first kappa shape index (κ1) is 14.9. The zero-order valence-electron chi connectivity index (χ0n) is 11.5. The monoisotopic (exact) mass is 301 g/mol. The summed E-state index contributed by atoms with van der Waals surface area (Å²) in [6.07, 6.45) is 1.06. The molecule has 0 spiro atoms. The van der Waals surface area contributed by atoms with Crippen LogP contribution in [0.2, 0.25) is 0 Å². The molecule has 0 saturated heterocycles. The predicted molar refractivity (Wildman–Crippen MR) is 83.9 cm³/mol. The number of hydrogen-bond donors (Lipinski definition) is 1. The molecule has 0 heterocycles. The molecular formula is C15H15N3O2S. The fraction of sp³-hybridized carbons (Fsp3) is 0.0667. The molecule has 0 aliphatic rings. The van der Waals surface area contributed by atoms with E-state index in [1.807, 2.05) is 37.3 Å². The number of nitrogens with zero attached hydrogens (tertiary/aromatic N) is 2. The average molecular weight is 301 g/mol. The molecular weight excluding hydrogens is 286 g/mol. The molecule has 1 N–H and O–H groups in total. The minimum atomic E-state index is -3.69. The Kier molecular flexibility index (Phi) is 4.84. The third-order valence-electron chi connectivity index (χ3n) is 2.71. The van der Waals surface area contributed by atoms with E-state index in [1.54, 1.807) is 18.2 Å². The highest BCUT2D eigenvalue weighted by atomic mass is 32.2. The molecule has 2 aromatic carbocycles. The lowest BCUT2D eigenvalue weighted by Crippen LogP contribution is -2.09. The van der Waals surface area contributed by atoms with Gasteiger partial charge in [0.25, 0.3) is 10.0 Å². The molecule has 0 unspecified atom stereocenters. The van der Waals surface area contributed by atoms with Crippen LogP contribution in [-0.2, 0) is 10.0 Å². The maximum atomic E-state index is 11.9. The summed E-state index contributed by atoms with van der Waals surface area (Å²) in [6, 6.07) is 17.6. The van der Waals surface area contributed by atoms with Gasteiger partial charge in [-0.25, -0.2) is 0 Å². The predicted octanol–water partition coefficient (Wildman–Crippen LogP) is 2.42. The zero-order chi connectivity index (χ0) is 15.1. The Morgan fingerprint density at radius 2 is 1.57 bits per heavy atom. The minimum Gasteiger partial charge on any atom is -0.267 e. The summed E-state index contributed by atoms with van der Waals surface area (Å²) in [4.78, 5) is 0.145. The molecule has 2 aromatic rings. The Labute approximate surface area is 124 Å². The lowest BCUT2D eigenvalue weighted by Gasteiger charge is -2.00. The highest BCUT2D eigenvalue weighted by molar-refractivity contribution is 7.90. The van der Waals surface area contributed by atoms with Crippen molar-refractivity contribution >= 4 is 22.1 Å². The van der Waals surface area contributed by atoms with Gasteiger partial charge in [-0.1, -0.05) is 48.5 Å². The van der Waals surface area contributed by atoms with E-state index in [-0.39, 0.29) is 4.90 Å². The minimum absolute atomic E-state index is 0.145. The number of sulfonamides is 1. The Morgan fingerprint density at radius 3 is 2.19 bits per heavy atom. The lowest BCUT2D eigenvalue weighted by atomic mass is 10.1. The topological polar surface area (TPSA) is 70.9 Å². The smallest absolute Gasteiger partial charge is 0.267 e. The molecule has 0 saturated carbocycles. The molecule has 0 aromatic heterocycles.